The minimum Gasteiger partial charge on any atom is -0.480 e. The van der Waals surface area contributed by atoms with Crippen LogP contribution in [0.3, 0.4) is 0 Å². The van der Waals surface area contributed by atoms with E-state index >= 15 is 0 Å². The summed E-state index contributed by atoms with van der Waals surface area (Å²) in [5.74, 6) is 0.559. The van der Waals surface area contributed by atoms with E-state index in [0.29, 0.717) is 11.6 Å². The van der Waals surface area contributed by atoms with Crippen LogP contribution in [0.25, 0.3) is 0 Å². The van der Waals surface area contributed by atoms with E-state index in [1.165, 1.54) is 5.56 Å². The molecule has 1 aliphatic rings. The standard InChI is InChI=1S/C12H19N3O/c1-3-15-6-4-9-8-10(13)12(16-2)14-11(9)5-7-15/h8H,3-7,13H2,1-2H3. The Kier molecular flexibility index (Phi) is 3.29. The lowest BCUT2D eigenvalue weighted by Crippen LogP contribution is -2.25. The lowest BCUT2D eigenvalue weighted by molar-refractivity contribution is 0.303. The van der Waals surface area contributed by atoms with Crippen molar-refractivity contribution >= 4 is 5.69 Å². The van der Waals surface area contributed by atoms with Crippen molar-refractivity contribution in [2.24, 2.45) is 0 Å². The molecule has 0 atom stereocenters. The quantitative estimate of drug-likeness (QED) is 0.812. The van der Waals surface area contributed by atoms with Gasteiger partial charge in [-0.25, -0.2) is 4.98 Å². The van der Waals surface area contributed by atoms with Gasteiger partial charge in [0.05, 0.1) is 12.8 Å². The predicted octanol–water partition coefficient (Wildman–Crippen LogP) is 1.09. The second-order valence-corrected chi connectivity index (χ2v) is 4.13. The Bertz CT molecular complexity index is 379. The van der Waals surface area contributed by atoms with E-state index in [-0.39, 0.29) is 0 Å². The third-order valence-corrected chi connectivity index (χ3v) is 3.19. The number of methoxy groups -OCH3 is 1. The molecular formula is C12H19N3O. The average Bonchev–Trinajstić information content (AvgIpc) is 2.49. The molecule has 2 rings (SSSR count). The Morgan fingerprint density at radius 2 is 2.19 bits per heavy atom. The number of aromatic nitrogens is 1. The summed E-state index contributed by atoms with van der Waals surface area (Å²) in [5, 5.41) is 0. The van der Waals surface area contributed by atoms with Crippen molar-refractivity contribution in [3.05, 3.63) is 17.3 Å². The molecule has 4 nitrogen and oxygen atoms in total. The summed E-state index contributed by atoms with van der Waals surface area (Å²) in [7, 11) is 1.61. The van der Waals surface area contributed by atoms with Crippen molar-refractivity contribution in [3.63, 3.8) is 0 Å². The molecule has 1 aromatic rings. The number of nitrogen functional groups attached to an aromatic ring is 1. The fourth-order valence-corrected chi connectivity index (χ4v) is 2.16. The van der Waals surface area contributed by atoms with Gasteiger partial charge in [-0.05, 0) is 24.6 Å². The molecule has 1 aromatic heterocycles. The molecule has 0 spiro atoms. The summed E-state index contributed by atoms with van der Waals surface area (Å²) in [6, 6.07) is 2.01. The van der Waals surface area contributed by atoms with Gasteiger partial charge in [-0.2, -0.15) is 0 Å². The highest BCUT2D eigenvalue weighted by molar-refractivity contribution is 5.51. The van der Waals surface area contributed by atoms with E-state index in [1.807, 2.05) is 6.07 Å². The van der Waals surface area contributed by atoms with E-state index in [1.54, 1.807) is 7.11 Å². The van der Waals surface area contributed by atoms with Crippen LogP contribution in [0.4, 0.5) is 5.69 Å². The van der Waals surface area contributed by atoms with Gasteiger partial charge in [-0.3, -0.25) is 0 Å². The zero-order chi connectivity index (χ0) is 11.5. The van der Waals surface area contributed by atoms with Crippen LogP contribution in [0.2, 0.25) is 0 Å². The topological polar surface area (TPSA) is 51.4 Å². The Morgan fingerprint density at radius 1 is 1.44 bits per heavy atom. The van der Waals surface area contributed by atoms with Crippen molar-refractivity contribution in [2.45, 2.75) is 19.8 Å². The van der Waals surface area contributed by atoms with E-state index in [0.717, 1.165) is 38.2 Å². The van der Waals surface area contributed by atoms with Gasteiger partial charge in [-0.1, -0.05) is 6.92 Å². The molecular weight excluding hydrogens is 202 g/mol. The van der Waals surface area contributed by atoms with Crippen LogP contribution in [0, 0.1) is 0 Å². The predicted molar refractivity (Wildman–Crippen MR) is 64.7 cm³/mol. The first-order valence-electron chi connectivity index (χ1n) is 5.79. The molecule has 0 unspecified atom stereocenters. The maximum Gasteiger partial charge on any atom is 0.237 e. The lowest BCUT2D eigenvalue weighted by Gasteiger charge is -2.15. The fourth-order valence-electron chi connectivity index (χ4n) is 2.16. The molecule has 0 aromatic carbocycles. The second kappa shape index (κ2) is 4.70. The Balaban J connectivity index is 2.28. The Morgan fingerprint density at radius 3 is 2.88 bits per heavy atom. The third kappa shape index (κ3) is 2.11. The Hall–Kier alpha value is -1.29. The van der Waals surface area contributed by atoms with Gasteiger partial charge in [0.1, 0.15) is 0 Å². The molecule has 88 valence electrons. The highest BCUT2D eigenvalue weighted by Crippen LogP contribution is 2.24. The molecule has 1 aliphatic heterocycles. The van der Waals surface area contributed by atoms with Gasteiger partial charge in [0, 0.05) is 25.2 Å². The van der Waals surface area contributed by atoms with Gasteiger partial charge in [0.25, 0.3) is 0 Å². The van der Waals surface area contributed by atoms with Crippen LogP contribution in [0.15, 0.2) is 6.07 Å². The summed E-state index contributed by atoms with van der Waals surface area (Å²) in [6.07, 6.45) is 2.02. The summed E-state index contributed by atoms with van der Waals surface area (Å²) in [6.45, 7) is 5.46. The molecule has 0 amide bonds. The minimum absolute atomic E-state index is 0.559. The molecule has 2 heterocycles. The number of fused-ring (bicyclic) bond motifs is 1. The maximum atomic E-state index is 5.87. The van der Waals surface area contributed by atoms with Crippen LogP contribution < -0.4 is 10.5 Å². The molecule has 2 N–H and O–H groups in total. The number of rotatable bonds is 2. The first-order chi connectivity index (χ1) is 7.74. The van der Waals surface area contributed by atoms with Crippen LogP contribution in [0.5, 0.6) is 5.88 Å². The average molecular weight is 221 g/mol. The normalized spacial score (nSPS) is 16.6. The van der Waals surface area contributed by atoms with Crippen molar-refractivity contribution in [1.29, 1.82) is 0 Å². The molecule has 4 heteroatoms. The van der Waals surface area contributed by atoms with Gasteiger partial charge < -0.3 is 15.4 Å². The summed E-state index contributed by atoms with van der Waals surface area (Å²) in [5.41, 5.74) is 8.93. The van der Waals surface area contributed by atoms with Gasteiger partial charge >= 0.3 is 0 Å². The van der Waals surface area contributed by atoms with E-state index < -0.39 is 0 Å². The largest absolute Gasteiger partial charge is 0.480 e. The van der Waals surface area contributed by atoms with Crippen LogP contribution in [-0.2, 0) is 12.8 Å². The van der Waals surface area contributed by atoms with Crippen LogP contribution in [0.1, 0.15) is 18.2 Å². The number of ether oxygens (including phenoxy) is 1. The summed E-state index contributed by atoms with van der Waals surface area (Å²) in [4.78, 5) is 6.92. The number of anilines is 1. The molecule has 0 saturated heterocycles. The monoisotopic (exact) mass is 221 g/mol. The summed E-state index contributed by atoms with van der Waals surface area (Å²) < 4.78 is 5.16. The Labute approximate surface area is 96.4 Å². The minimum atomic E-state index is 0.559. The molecule has 16 heavy (non-hydrogen) atoms. The molecule has 0 fully saturated rings. The smallest absolute Gasteiger partial charge is 0.237 e. The molecule has 0 bridgehead atoms. The van der Waals surface area contributed by atoms with Gasteiger partial charge in [0.15, 0.2) is 0 Å². The highest BCUT2D eigenvalue weighted by Gasteiger charge is 2.16. The van der Waals surface area contributed by atoms with Crippen molar-refractivity contribution in [2.75, 3.05) is 32.5 Å². The molecule has 0 radical (unpaired) electrons. The first kappa shape index (κ1) is 11.2. The number of hydrogen-bond donors (Lipinski definition) is 1. The summed E-state index contributed by atoms with van der Waals surface area (Å²) >= 11 is 0. The SMILES string of the molecule is CCN1CCc2cc(N)c(OC)nc2CC1. The number of hydrogen-bond acceptors (Lipinski definition) is 4. The number of pyridine rings is 1. The second-order valence-electron chi connectivity index (χ2n) is 4.13. The van der Waals surface area contributed by atoms with E-state index in [2.05, 4.69) is 16.8 Å². The number of nitrogens with two attached hydrogens (primary N) is 1. The van der Waals surface area contributed by atoms with Crippen LogP contribution in [-0.4, -0.2) is 36.6 Å². The van der Waals surface area contributed by atoms with Crippen LogP contribution >= 0.6 is 0 Å². The van der Waals surface area contributed by atoms with Crippen molar-refractivity contribution in [3.8, 4) is 5.88 Å². The zero-order valence-corrected chi connectivity index (χ0v) is 9.99. The highest BCUT2D eigenvalue weighted by atomic mass is 16.5. The van der Waals surface area contributed by atoms with E-state index in [9.17, 15) is 0 Å². The third-order valence-electron chi connectivity index (χ3n) is 3.19. The maximum absolute atomic E-state index is 5.87. The molecule has 0 aliphatic carbocycles. The van der Waals surface area contributed by atoms with Gasteiger partial charge in [-0.15, -0.1) is 0 Å². The molecule has 0 saturated carbocycles. The fraction of sp³-hybridized carbons (Fsp3) is 0.583. The van der Waals surface area contributed by atoms with Gasteiger partial charge in [0.2, 0.25) is 5.88 Å². The van der Waals surface area contributed by atoms with E-state index in [4.69, 9.17) is 10.5 Å². The first-order valence-corrected chi connectivity index (χ1v) is 5.79. The lowest BCUT2D eigenvalue weighted by atomic mass is 10.1. The van der Waals surface area contributed by atoms with Crippen molar-refractivity contribution < 1.29 is 4.74 Å². The zero-order valence-electron chi connectivity index (χ0n) is 9.99. The number of nitrogens with zero attached hydrogens (tertiary/aromatic N) is 2. The van der Waals surface area contributed by atoms with Crippen molar-refractivity contribution in [1.82, 2.24) is 9.88 Å². The number of likely N-dealkylation sites (N-methyl/N-ethyl adjacent to an activating group) is 1.